The van der Waals surface area contributed by atoms with Crippen LogP contribution in [0.3, 0.4) is 0 Å². The van der Waals surface area contributed by atoms with Crippen LogP contribution in [0.15, 0.2) is 24.3 Å². The van der Waals surface area contributed by atoms with Gasteiger partial charge in [0.1, 0.15) is 0 Å². The monoisotopic (exact) mass is 208 g/mol. The smallest absolute Gasteiger partial charge is 0.337 e. The molecule has 1 aromatic carbocycles. The van der Waals surface area contributed by atoms with Crippen molar-refractivity contribution in [2.75, 3.05) is 13.2 Å². The zero-order chi connectivity index (χ0) is 10.8. The molecule has 2 N–H and O–H groups in total. The molecule has 0 radical (unpaired) electrons. The Balaban J connectivity index is 2.32. The van der Waals surface area contributed by atoms with Crippen LogP contribution in [0.2, 0.25) is 0 Å². The zero-order valence-electron chi connectivity index (χ0n) is 8.09. The van der Waals surface area contributed by atoms with E-state index in [1.54, 1.807) is 12.1 Å². The Bertz CT molecular complexity index is 371. The summed E-state index contributed by atoms with van der Waals surface area (Å²) in [5, 5.41) is 18.3. The van der Waals surface area contributed by atoms with E-state index in [4.69, 9.17) is 9.84 Å². The number of carboxylic acids is 1. The van der Waals surface area contributed by atoms with Crippen LogP contribution in [-0.2, 0) is 9.53 Å². The van der Waals surface area contributed by atoms with Crippen molar-refractivity contribution in [1.82, 2.24) is 0 Å². The fourth-order valence-electron chi connectivity index (χ4n) is 1.68. The molecule has 1 aliphatic heterocycles. The van der Waals surface area contributed by atoms with Gasteiger partial charge in [0.2, 0.25) is 0 Å². The van der Waals surface area contributed by atoms with E-state index in [-0.39, 0.29) is 5.92 Å². The second-order valence-corrected chi connectivity index (χ2v) is 3.60. The molecule has 15 heavy (non-hydrogen) atoms. The van der Waals surface area contributed by atoms with Crippen LogP contribution in [0, 0.1) is 0 Å². The molecule has 0 saturated carbocycles. The third-order valence-electron chi connectivity index (χ3n) is 2.60. The number of aliphatic hydroxyl groups excluding tert-OH is 1. The van der Waals surface area contributed by atoms with Crippen molar-refractivity contribution in [2.45, 2.75) is 12.0 Å². The molecular formula is C11H12O4. The maximum absolute atomic E-state index is 10.7. The van der Waals surface area contributed by atoms with Gasteiger partial charge in [0.25, 0.3) is 0 Å². The number of aliphatic carboxylic acids is 1. The summed E-state index contributed by atoms with van der Waals surface area (Å²) < 4.78 is 5.06. The third-order valence-corrected chi connectivity index (χ3v) is 2.60. The van der Waals surface area contributed by atoms with Gasteiger partial charge < -0.3 is 14.9 Å². The zero-order valence-corrected chi connectivity index (χ0v) is 8.09. The first-order chi connectivity index (χ1) is 7.20. The Morgan fingerprint density at radius 1 is 1.40 bits per heavy atom. The van der Waals surface area contributed by atoms with Gasteiger partial charge in [-0.3, -0.25) is 0 Å². The Kier molecular flexibility index (Phi) is 2.70. The van der Waals surface area contributed by atoms with Gasteiger partial charge in [-0.15, -0.1) is 0 Å². The lowest BCUT2D eigenvalue weighted by molar-refractivity contribution is -0.147. The van der Waals surface area contributed by atoms with Crippen LogP contribution in [0.5, 0.6) is 0 Å². The summed E-state index contributed by atoms with van der Waals surface area (Å²) in [6.07, 6.45) is -1.44. The number of hydrogen-bond acceptors (Lipinski definition) is 3. The molecule has 0 amide bonds. The molecule has 1 saturated heterocycles. The molecule has 1 aliphatic rings. The normalized spacial score (nSPS) is 18.2. The number of aliphatic hydroxyl groups is 1. The third kappa shape index (κ3) is 1.86. The number of rotatable bonds is 3. The highest BCUT2D eigenvalue weighted by molar-refractivity contribution is 5.74. The van der Waals surface area contributed by atoms with Gasteiger partial charge in [-0.1, -0.05) is 24.3 Å². The molecular weight excluding hydrogens is 196 g/mol. The molecule has 0 spiro atoms. The van der Waals surface area contributed by atoms with Crippen LogP contribution >= 0.6 is 0 Å². The highest BCUT2D eigenvalue weighted by Crippen LogP contribution is 2.30. The first-order valence-electron chi connectivity index (χ1n) is 4.77. The van der Waals surface area contributed by atoms with Gasteiger partial charge in [-0.2, -0.15) is 0 Å². The predicted molar refractivity (Wildman–Crippen MR) is 52.6 cm³/mol. The van der Waals surface area contributed by atoms with Crippen molar-refractivity contribution in [3.8, 4) is 0 Å². The second kappa shape index (κ2) is 4.00. The standard InChI is InChI=1S/C11H12O4/c12-10(11(13)14)9-4-2-1-3-8(9)7-5-15-6-7/h1-4,7,10,12H,5-6H2,(H,13,14). The van der Waals surface area contributed by atoms with Crippen molar-refractivity contribution >= 4 is 5.97 Å². The summed E-state index contributed by atoms with van der Waals surface area (Å²) in [7, 11) is 0. The average molecular weight is 208 g/mol. The minimum absolute atomic E-state index is 0.218. The van der Waals surface area contributed by atoms with Crippen molar-refractivity contribution in [3.05, 3.63) is 35.4 Å². The van der Waals surface area contributed by atoms with Crippen molar-refractivity contribution in [1.29, 1.82) is 0 Å². The lowest BCUT2D eigenvalue weighted by Gasteiger charge is -2.28. The fourth-order valence-corrected chi connectivity index (χ4v) is 1.68. The second-order valence-electron chi connectivity index (χ2n) is 3.60. The molecule has 1 unspecified atom stereocenters. The molecule has 80 valence electrons. The maximum Gasteiger partial charge on any atom is 0.337 e. The van der Waals surface area contributed by atoms with Crippen LogP contribution in [0.4, 0.5) is 0 Å². The van der Waals surface area contributed by atoms with E-state index < -0.39 is 12.1 Å². The Morgan fingerprint density at radius 3 is 2.60 bits per heavy atom. The average Bonchev–Trinajstić information content (AvgIpc) is 2.15. The highest BCUT2D eigenvalue weighted by Gasteiger charge is 2.27. The fraction of sp³-hybridized carbons (Fsp3) is 0.364. The minimum Gasteiger partial charge on any atom is -0.479 e. The van der Waals surface area contributed by atoms with E-state index in [0.717, 1.165) is 5.56 Å². The molecule has 0 bridgehead atoms. The van der Waals surface area contributed by atoms with E-state index in [2.05, 4.69) is 0 Å². The van der Waals surface area contributed by atoms with E-state index in [0.29, 0.717) is 18.8 Å². The predicted octanol–water partition coefficient (Wildman–Crippen LogP) is 0.918. The maximum atomic E-state index is 10.7. The number of carbonyl (C=O) groups is 1. The largest absolute Gasteiger partial charge is 0.479 e. The summed E-state index contributed by atoms with van der Waals surface area (Å²) >= 11 is 0. The van der Waals surface area contributed by atoms with Crippen molar-refractivity contribution in [3.63, 3.8) is 0 Å². The SMILES string of the molecule is O=C(O)C(O)c1ccccc1C1COC1. The Labute approximate surface area is 87.1 Å². The summed E-state index contributed by atoms with van der Waals surface area (Å²) in [4.78, 5) is 10.7. The number of hydrogen-bond donors (Lipinski definition) is 2. The van der Waals surface area contributed by atoms with Crippen molar-refractivity contribution < 1.29 is 19.7 Å². The lowest BCUT2D eigenvalue weighted by atomic mass is 9.90. The molecule has 4 heteroatoms. The molecule has 1 atom stereocenters. The van der Waals surface area contributed by atoms with Gasteiger partial charge in [0.05, 0.1) is 13.2 Å². The van der Waals surface area contributed by atoms with Gasteiger partial charge in [0.15, 0.2) is 6.10 Å². The highest BCUT2D eigenvalue weighted by atomic mass is 16.5. The summed E-state index contributed by atoms with van der Waals surface area (Å²) in [6.45, 7) is 1.20. The quantitative estimate of drug-likeness (QED) is 0.775. The van der Waals surface area contributed by atoms with Gasteiger partial charge in [0, 0.05) is 5.92 Å². The first kappa shape index (κ1) is 10.1. The van der Waals surface area contributed by atoms with E-state index >= 15 is 0 Å². The van der Waals surface area contributed by atoms with Crippen LogP contribution < -0.4 is 0 Å². The molecule has 0 aliphatic carbocycles. The molecule has 1 aromatic rings. The minimum atomic E-state index is -1.44. The molecule has 0 aromatic heterocycles. The Morgan fingerprint density at radius 2 is 2.07 bits per heavy atom. The van der Waals surface area contributed by atoms with Gasteiger partial charge in [-0.05, 0) is 11.1 Å². The van der Waals surface area contributed by atoms with Gasteiger partial charge >= 0.3 is 5.97 Å². The van der Waals surface area contributed by atoms with Crippen LogP contribution in [0.25, 0.3) is 0 Å². The lowest BCUT2D eigenvalue weighted by Crippen LogP contribution is -2.27. The van der Waals surface area contributed by atoms with Crippen LogP contribution in [-0.4, -0.2) is 29.4 Å². The van der Waals surface area contributed by atoms with E-state index in [1.807, 2.05) is 12.1 Å². The Hall–Kier alpha value is -1.39. The van der Waals surface area contributed by atoms with E-state index in [9.17, 15) is 9.90 Å². The molecule has 2 rings (SSSR count). The summed E-state index contributed by atoms with van der Waals surface area (Å²) in [5.41, 5.74) is 1.34. The number of carboxylic acid groups (broad SMARTS) is 1. The van der Waals surface area contributed by atoms with E-state index in [1.165, 1.54) is 0 Å². The summed E-state index contributed by atoms with van der Waals surface area (Å²) in [5.74, 6) is -1.00. The topological polar surface area (TPSA) is 66.8 Å². The molecule has 1 heterocycles. The molecule has 4 nitrogen and oxygen atoms in total. The van der Waals surface area contributed by atoms with Crippen LogP contribution in [0.1, 0.15) is 23.1 Å². The van der Waals surface area contributed by atoms with Crippen molar-refractivity contribution in [2.24, 2.45) is 0 Å². The number of ether oxygens (including phenoxy) is 1. The first-order valence-corrected chi connectivity index (χ1v) is 4.77. The molecule has 1 fully saturated rings. The van der Waals surface area contributed by atoms with Gasteiger partial charge in [-0.25, -0.2) is 4.79 Å². The summed E-state index contributed by atoms with van der Waals surface area (Å²) in [6, 6.07) is 7.05. The number of benzene rings is 1.